The second-order valence-electron chi connectivity index (χ2n) is 3.47. The van der Waals surface area contributed by atoms with Gasteiger partial charge < -0.3 is 10.4 Å². The first-order chi connectivity index (χ1) is 8.83. The average molecular weight is 279 g/mol. The number of nitrogens with two attached hydrogens (primary N) is 1. The summed E-state index contributed by atoms with van der Waals surface area (Å²) in [7, 11) is 0. The maximum atomic E-state index is 5.62. The molecule has 18 heavy (non-hydrogen) atoms. The minimum atomic E-state index is 0.644. The fourth-order valence-electron chi connectivity index (χ4n) is 1.39. The second-order valence-corrected chi connectivity index (χ2v) is 5.36. The molecule has 0 saturated heterocycles. The molecule has 6 nitrogen and oxygen atoms in total. The van der Waals surface area contributed by atoms with E-state index in [1.165, 1.54) is 22.8 Å². The summed E-state index contributed by atoms with van der Waals surface area (Å²) in [4.78, 5) is 1.07. The largest absolute Gasteiger partial charge is 0.355 e. The van der Waals surface area contributed by atoms with Crippen molar-refractivity contribution in [2.24, 2.45) is 0 Å². The van der Waals surface area contributed by atoms with Crippen molar-refractivity contribution in [3.63, 3.8) is 0 Å². The molecule has 0 bridgehead atoms. The van der Waals surface area contributed by atoms with Crippen LogP contribution < -0.4 is 5.84 Å². The van der Waals surface area contributed by atoms with Crippen molar-refractivity contribution in [3.8, 4) is 10.6 Å². The third-order valence-corrected chi connectivity index (χ3v) is 4.09. The number of aromatic nitrogens is 4. The Morgan fingerprint density at radius 2 is 2.44 bits per heavy atom. The Morgan fingerprint density at radius 3 is 3.17 bits per heavy atom. The molecule has 0 aromatic carbocycles. The maximum absolute atomic E-state index is 5.62. The number of rotatable bonds is 4. The van der Waals surface area contributed by atoms with Gasteiger partial charge in [-0.3, -0.25) is 0 Å². The van der Waals surface area contributed by atoms with Crippen LogP contribution in [0.4, 0.5) is 0 Å². The van der Waals surface area contributed by atoms with Crippen LogP contribution in [-0.4, -0.2) is 20.0 Å². The van der Waals surface area contributed by atoms with E-state index in [2.05, 4.69) is 15.4 Å². The van der Waals surface area contributed by atoms with Gasteiger partial charge in [0.15, 0.2) is 5.76 Å². The molecule has 3 aromatic heterocycles. The number of nitrogens with zero attached hydrogens (tertiary/aromatic N) is 4. The van der Waals surface area contributed by atoms with Crippen molar-refractivity contribution < 1.29 is 4.52 Å². The van der Waals surface area contributed by atoms with E-state index in [0.717, 1.165) is 16.3 Å². The van der Waals surface area contributed by atoms with Gasteiger partial charge in [-0.25, -0.2) is 4.68 Å². The third-order valence-electron chi connectivity index (χ3n) is 2.21. The van der Waals surface area contributed by atoms with Crippen molar-refractivity contribution >= 4 is 23.1 Å². The Hall–Kier alpha value is -1.80. The standard InChI is InChI=1S/C10H9N5OS2/c11-15-6-12-13-10(15)18-5-7-4-8(16-14-7)9-2-1-3-17-9/h1-4,6H,5,11H2. The van der Waals surface area contributed by atoms with Crippen LogP contribution in [0.1, 0.15) is 5.69 Å². The monoisotopic (exact) mass is 279 g/mol. The third kappa shape index (κ3) is 2.24. The molecule has 0 aliphatic heterocycles. The van der Waals surface area contributed by atoms with Crippen LogP contribution >= 0.6 is 23.1 Å². The highest BCUT2D eigenvalue weighted by atomic mass is 32.2. The molecule has 3 heterocycles. The predicted octanol–water partition coefficient (Wildman–Crippen LogP) is 2.00. The molecule has 0 spiro atoms. The van der Waals surface area contributed by atoms with Crippen LogP contribution in [0.2, 0.25) is 0 Å². The average Bonchev–Trinajstić information content (AvgIpc) is 3.08. The molecule has 0 radical (unpaired) electrons. The minimum Gasteiger partial charge on any atom is -0.355 e. The van der Waals surface area contributed by atoms with E-state index in [1.807, 2.05) is 23.6 Å². The minimum absolute atomic E-state index is 0.644. The molecule has 8 heteroatoms. The number of thioether (sulfide) groups is 1. The summed E-state index contributed by atoms with van der Waals surface area (Å²) in [5, 5.41) is 14.3. The van der Waals surface area contributed by atoms with Crippen molar-refractivity contribution in [3.05, 3.63) is 35.6 Å². The first-order valence-electron chi connectivity index (χ1n) is 5.10. The number of thiophene rings is 1. The van der Waals surface area contributed by atoms with E-state index in [0.29, 0.717) is 10.9 Å². The fourth-order valence-corrected chi connectivity index (χ4v) is 2.78. The van der Waals surface area contributed by atoms with Crippen molar-refractivity contribution in [1.82, 2.24) is 20.0 Å². The Kier molecular flexibility index (Phi) is 3.03. The Bertz CT molecular complexity index is 630. The van der Waals surface area contributed by atoms with Crippen LogP contribution in [0.25, 0.3) is 10.6 Å². The lowest BCUT2D eigenvalue weighted by atomic mass is 10.3. The lowest BCUT2D eigenvalue weighted by Crippen LogP contribution is -2.07. The highest BCUT2D eigenvalue weighted by Crippen LogP contribution is 2.27. The molecule has 3 rings (SSSR count). The number of hydrogen-bond acceptors (Lipinski definition) is 7. The molecule has 0 aliphatic rings. The molecular weight excluding hydrogens is 270 g/mol. The van der Waals surface area contributed by atoms with Gasteiger partial charge in [-0.1, -0.05) is 23.0 Å². The molecule has 2 N–H and O–H groups in total. The maximum Gasteiger partial charge on any atom is 0.209 e. The lowest BCUT2D eigenvalue weighted by Gasteiger charge is -1.96. The molecule has 0 fully saturated rings. The van der Waals surface area contributed by atoms with E-state index in [4.69, 9.17) is 10.4 Å². The van der Waals surface area contributed by atoms with Crippen molar-refractivity contribution in [2.75, 3.05) is 5.84 Å². The van der Waals surface area contributed by atoms with E-state index in [-0.39, 0.29) is 0 Å². The summed E-state index contributed by atoms with van der Waals surface area (Å²) in [6, 6.07) is 5.91. The summed E-state index contributed by atoms with van der Waals surface area (Å²) in [5.41, 5.74) is 0.853. The highest BCUT2D eigenvalue weighted by Gasteiger charge is 2.09. The molecule has 3 aromatic rings. The lowest BCUT2D eigenvalue weighted by molar-refractivity contribution is 0.427. The normalized spacial score (nSPS) is 10.9. The quantitative estimate of drug-likeness (QED) is 0.581. The second kappa shape index (κ2) is 4.83. The van der Waals surface area contributed by atoms with Gasteiger partial charge >= 0.3 is 0 Å². The van der Waals surface area contributed by atoms with Crippen molar-refractivity contribution in [2.45, 2.75) is 10.9 Å². The summed E-state index contributed by atoms with van der Waals surface area (Å²) in [6.07, 6.45) is 1.46. The Balaban J connectivity index is 1.69. The van der Waals surface area contributed by atoms with Gasteiger partial charge in [0.1, 0.15) is 6.33 Å². The van der Waals surface area contributed by atoms with Crippen LogP contribution in [0.3, 0.4) is 0 Å². The van der Waals surface area contributed by atoms with Crippen LogP contribution in [0.5, 0.6) is 0 Å². The van der Waals surface area contributed by atoms with Gasteiger partial charge in [-0.05, 0) is 11.4 Å². The highest BCUT2D eigenvalue weighted by molar-refractivity contribution is 7.98. The van der Waals surface area contributed by atoms with Gasteiger partial charge in [0.25, 0.3) is 0 Å². The summed E-state index contributed by atoms with van der Waals surface area (Å²) in [5.74, 6) is 7.05. The Morgan fingerprint density at radius 1 is 1.50 bits per heavy atom. The topological polar surface area (TPSA) is 82.8 Å². The fraction of sp³-hybridized carbons (Fsp3) is 0.100. The smallest absolute Gasteiger partial charge is 0.209 e. The molecular formula is C10H9N5OS2. The number of nitrogen functional groups attached to an aromatic ring is 1. The van der Waals surface area contributed by atoms with Gasteiger partial charge in [0.05, 0.1) is 10.6 Å². The molecule has 0 saturated carbocycles. The molecule has 0 atom stereocenters. The van der Waals surface area contributed by atoms with Gasteiger partial charge in [-0.15, -0.1) is 21.5 Å². The van der Waals surface area contributed by atoms with E-state index in [9.17, 15) is 0 Å². The van der Waals surface area contributed by atoms with E-state index in [1.54, 1.807) is 11.3 Å². The van der Waals surface area contributed by atoms with Gasteiger partial charge in [0.2, 0.25) is 5.16 Å². The summed E-state index contributed by atoms with van der Waals surface area (Å²) >= 11 is 3.08. The Labute approximate surface area is 111 Å². The molecule has 0 unspecified atom stereocenters. The zero-order valence-electron chi connectivity index (χ0n) is 9.18. The van der Waals surface area contributed by atoms with Gasteiger partial charge in [0, 0.05) is 11.8 Å². The van der Waals surface area contributed by atoms with Crippen LogP contribution in [-0.2, 0) is 5.75 Å². The predicted molar refractivity (Wildman–Crippen MR) is 69.5 cm³/mol. The zero-order valence-corrected chi connectivity index (χ0v) is 10.8. The van der Waals surface area contributed by atoms with E-state index >= 15 is 0 Å². The molecule has 92 valence electrons. The first-order valence-corrected chi connectivity index (χ1v) is 6.97. The summed E-state index contributed by atoms with van der Waals surface area (Å²) in [6.45, 7) is 0. The molecule has 0 aliphatic carbocycles. The van der Waals surface area contributed by atoms with Crippen LogP contribution in [0, 0.1) is 0 Å². The molecule has 0 amide bonds. The summed E-state index contributed by atoms with van der Waals surface area (Å²) < 4.78 is 6.66. The SMILES string of the molecule is Nn1cnnc1SCc1cc(-c2cccs2)on1. The van der Waals surface area contributed by atoms with Crippen LogP contribution in [0.15, 0.2) is 39.6 Å². The first kappa shape index (κ1) is 11.3. The zero-order chi connectivity index (χ0) is 12.4. The number of hydrogen-bond donors (Lipinski definition) is 1. The van der Waals surface area contributed by atoms with Crippen molar-refractivity contribution in [1.29, 1.82) is 0 Å². The van der Waals surface area contributed by atoms with Gasteiger partial charge in [-0.2, -0.15) is 0 Å². The van der Waals surface area contributed by atoms with E-state index < -0.39 is 0 Å².